The highest BCUT2D eigenvalue weighted by atomic mass is 79.9. The topological polar surface area (TPSA) is 18.1 Å². The summed E-state index contributed by atoms with van der Waals surface area (Å²) in [5.41, 5.74) is 2.94. The van der Waals surface area contributed by atoms with Gasteiger partial charge in [-0.1, -0.05) is 66.5 Å². The minimum atomic E-state index is 0.348. The van der Waals surface area contributed by atoms with Crippen LogP contribution in [-0.2, 0) is 6.42 Å². The van der Waals surface area contributed by atoms with Crippen LogP contribution in [-0.4, -0.2) is 4.57 Å². The minimum absolute atomic E-state index is 0.348. The second kappa shape index (κ2) is 8.91. The van der Waals surface area contributed by atoms with Crippen molar-refractivity contribution in [2.24, 2.45) is 0 Å². The van der Waals surface area contributed by atoms with Crippen molar-refractivity contribution in [2.75, 3.05) is 0 Å². The summed E-state index contributed by atoms with van der Waals surface area (Å²) in [6, 6.07) is 12.3. The Morgan fingerprint density at radius 1 is 1.00 bits per heavy atom. The summed E-state index contributed by atoms with van der Waals surface area (Å²) in [5.74, 6) is 0. The molecular weight excluding hydrogens is 494 g/mol. The summed E-state index contributed by atoms with van der Waals surface area (Å²) in [6.07, 6.45) is 6.18. The maximum Gasteiger partial charge on any atom is 0.274 e. The molecule has 0 amide bonds. The highest BCUT2D eigenvalue weighted by molar-refractivity contribution is 9.11. The van der Waals surface area contributed by atoms with Gasteiger partial charge in [0.05, 0.1) is 15.5 Å². The van der Waals surface area contributed by atoms with E-state index >= 15 is 0 Å². The van der Waals surface area contributed by atoms with Gasteiger partial charge in [0, 0.05) is 4.47 Å². The van der Waals surface area contributed by atoms with Crippen LogP contribution >= 0.6 is 56.3 Å². The van der Waals surface area contributed by atoms with Gasteiger partial charge in [0.1, 0.15) is 4.64 Å². The van der Waals surface area contributed by atoms with Crippen molar-refractivity contribution in [3.63, 3.8) is 0 Å². The molecule has 0 atom stereocenters. The number of aromatic nitrogens is 1. The Morgan fingerprint density at radius 2 is 1.73 bits per heavy atom. The zero-order chi connectivity index (χ0) is 18.7. The van der Waals surface area contributed by atoms with Crippen LogP contribution in [0.4, 0.5) is 0 Å². The van der Waals surface area contributed by atoms with Crippen LogP contribution < -0.4 is 0 Å². The van der Waals surface area contributed by atoms with E-state index < -0.39 is 0 Å². The Hall–Kier alpha value is -0.820. The quantitative estimate of drug-likeness (QED) is 0.244. The van der Waals surface area contributed by atoms with Crippen LogP contribution in [0, 0.1) is 9.48 Å². The summed E-state index contributed by atoms with van der Waals surface area (Å²) in [6.45, 7) is 2.23. The molecule has 3 aromatic rings. The van der Waals surface area contributed by atoms with Crippen molar-refractivity contribution in [3.05, 3.63) is 60.4 Å². The molecule has 0 saturated heterocycles. The molecule has 0 radical (unpaired) electrons. The van der Waals surface area contributed by atoms with Crippen LogP contribution in [0.5, 0.6) is 0 Å². The first-order valence-electron chi connectivity index (χ1n) is 8.65. The van der Waals surface area contributed by atoms with E-state index in [1.165, 1.54) is 31.2 Å². The number of rotatable bonds is 6. The standard InChI is InChI=1S/C20H19Br2NOS2/c1-2-3-4-5-6-13-7-9-15(10-8-13)23-19(25)16-11-14(21)12-17(22)18(16)24-20(23)26/h7-12H,2-6H2,1H3. The maximum atomic E-state index is 5.88. The van der Waals surface area contributed by atoms with Crippen molar-refractivity contribution in [1.82, 2.24) is 4.57 Å². The number of halogens is 2. The van der Waals surface area contributed by atoms with E-state index in [-0.39, 0.29) is 0 Å². The smallest absolute Gasteiger partial charge is 0.274 e. The molecule has 1 aromatic heterocycles. The molecule has 6 heteroatoms. The second-order valence-electron chi connectivity index (χ2n) is 6.25. The highest BCUT2D eigenvalue weighted by Crippen LogP contribution is 2.30. The third kappa shape index (κ3) is 4.35. The second-order valence-corrected chi connectivity index (χ2v) is 8.76. The summed E-state index contributed by atoms with van der Waals surface area (Å²) in [5, 5.41) is 0.846. The van der Waals surface area contributed by atoms with E-state index in [2.05, 4.69) is 63.0 Å². The molecule has 0 aliphatic heterocycles. The fourth-order valence-electron chi connectivity index (χ4n) is 2.95. The molecule has 2 aromatic carbocycles. The minimum Gasteiger partial charge on any atom is -0.429 e. The predicted molar refractivity (Wildman–Crippen MR) is 120 cm³/mol. The van der Waals surface area contributed by atoms with E-state index in [4.69, 9.17) is 28.9 Å². The molecule has 0 spiro atoms. The van der Waals surface area contributed by atoms with E-state index in [1.807, 2.05) is 16.7 Å². The van der Waals surface area contributed by atoms with Crippen molar-refractivity contribution >= 4 is 67.3 Å². The average Bonchev–Trinajstić information content (AvgIpc) is 2.61. The van der Waals surface area contributed by atoms with Gasteiger partial charge in [0.15, 0.2) is 5.58 Å². The molecule has 0 bridgehead atoms. The summed E-state index contributed by atoms with van der Waals surface area (Å²) < 4.78 is 10.1. The first-order chi connectivity index (χ1) is 12.5. The molecule has 136 valence electrons. The van der Waals surface area contributed by atoms with Crippen LogP contribution in [0.1, 0.15) is 38.2 Å². The highest BCUT2D eigenvalue weighted by Gasteiger charge is 2.10. The van der Waals surface area contributed by atoms with Crippen molar-refractivity contribution < 1.29 is 4.42 Å². The Kier molecular flexibility index (Phi) is 6.83. The lowest BCUT2D eigenvalue weighted by Gasteiger charge is -2.11. The van der Waals surface area contributed by atoms with Crippen molar-refractivity contribution in [1.29, 1.82) is 0 Å². The largest absolute Gasteiger partial charge is 0.429 e. The SMILES string of the molecule is CCCCCCc1ccc(-n2c(=S)oc3c(Br)cc(Br)cc3c2=S)cc1. The van der Waals surface area contributed by atoms with E-state index in [0.29, 0.717) is 15.1 Å². The number of aryl methyl sites for hydroxylation is 1. The molecule has 1 heterocycles. The van der Waals surface area contributed by atoms with Crippen molar-refractivity contribution in [2.45, 2.75) is 39.0 Å². The fourth-order valence-corrected chi connectivity index (χ4v) is 4.93. The van der Waals surface area contributed by atoms with Gasteiger partial charge in [-0.15, -0.1) is 0 Å². The maximum absolute atomic E-state index is 5.88. The van der Waals surface area contributed by atoms with E-state index in [1.54, 1.807) is 0 Å². The summed E-state index contributed by atoms with van der Waals surface area (Å²) in [4.78, 5) is 0.348. The number of benzene rings is 2. The number of nitrogens with zero attached hydrogens (tertiary/aromatic N) is 1. The molecule has 0 aliphatic rings. The Labute approximate surface area is 180 Å². The van der Waals surface area contributed by atoms with Gasteiger partial charge in [-0.2, -0.15) is 0 Å². The van der Waals surface area contributed by atoms with E-state index in [9.17, 15) is 0 Å². The van der Waals surface area contributed by atoms with Crippen molar-refractivity contribution in [3.8, 4) is 5.69 Å². The average molecular weight is 513 g/mol. The van der Waals surface area contributed by atoms with Gasteiger partial charge in [0.2, 0.25) is 0 Å². The molecule has 0 saturated carbocycles. The van der Waals surface area contributed by atoms with Crippen LogP contribution in [0.3, 0.4) is 0 Å². The molecule has 0 unspecified atom stereocenters. The summed E-state index contributed by atoms with van der Waals surface area (Å²) >= 11 is 18.2. The van der Waals surface area contributed by atoms with Gasteiger partial charge >= 0.3 is 0 Å². The number of unbranched alkanes of at least 4 members (excludes halogenated alkanes) is 3. The third-order valence-corrected chi connectivity index (χ3v) is 6.04. The Morgan fingerprint density at radius 3 is 2.42 bits per heavy atom. The lowest BCUT2D eigenvalue weighted by Crippen LogP contribution is -2.00. The van der Waals surface area contributed by atoms with Crippen LogP contribution in [0.2, 0.25) is 0 Å². The lowest BCUT2D eigenvalue weighted by atomic mass is 10.1. The summed E-state index contributed by atoms with van der Waals surface area (Å²) in [7, 11) is 0. The number of hydrogen-bond acceptors (Lipinski definition) is 3. The molecule has 26 heavy (non-hydrogen) atoms. The monoisotopic (exact) mass is 511 g/mol. The van der Waals surface area contributed by atoms with Gasteiger partial charge < -0.3 is 4.42 Å². The number of hydrogen-bond donors (Lipinski definition) is 0. The van der Waals surface area contributed by atoms with Gasteiger partial charge in [-0.25, -0.2) is 0 Å². The van der Waals surface area contributed by atoms with Gasteiger partial charge in [-0.3, -0.25) is 4.57 Å². The van der Waals surface area contributed by atoms with Crippen LogP contribution in [0.15, 0.2) is 49.8 Å². The molecule has 2 nitrogen and oxygen atoms in total. The van der Waals surface area contributed by atoms with Gasteiger partial charge in [0.25, 0.3) is 4.84 Å². The molecule has 0 N–H and O–H groups in total. The molecule has 0 aliphatic carbocycles. The fraction of sp³-hybridized carbons (Fsp3) is 0.300. The number of fused-ring (bicyclic) bond motifs is 1. The first kappa shape index (κ1) is 19.9. The zero-order valence-corrected chi connectivity index (χ0v) is 19.2. The van der Waals surface area contributed by atoms with Crippen LogP contribution in [0.25, 0.3) is 16.7 Å². The molecule has 3 rings (SSSR count). The lowest BCUT2D eigenvalue weighted by molar-refractivity contribution is 0.535. The van der Waals surface area contributed by atoms with E-state index in [0.717, 1.165) is 26.4 Å². The Bertz CT molecular complexity index is 1040. The normalized spacial score (nSPS) is 11.2. The van der Waals surface area contributed by atoms with Gasteiger partial charge in [-0.05, 0) is 70.8 Å². The predicted octanol–water partition coefficient (Wildman–Crippen LogP) is 8.33. The molecular formula is C20H19Br2NOS2. The third-order valence-electron chi connectivity index (χ3n) is 4.33. The molecule has 0 fully saturated rings. The first-order valence-corrected chi connectivity index (χ1v) is 11.1. The zero-order valence-electron chi connectivity index (χ0n) is 14.4. The Balaban J connectivity index is 1.98.